The van der Waals surface area contributed by atoms with Crippen molar-refractivity contribution in [2.24, 2.45) is 5.73 Å². The van der Waals surface area contributed by atoms with Crippen LogP contribution in [0.15, 0.2) is 109 Å². The van der Waals surface area contributed by atoms with E-state index in [1.54, 1.807) is 43.3 Å². The predicted octanol–water partition coefficient (Wildman–Crippen LogP) is 3.32. The van der Waals surface area contributed by atoms with Crippen LogP contribution in [0.25, 0.3) is 0 Å². The molecule has 5 rings (SSSR count). The lowest BCUT2D eigenvalue weighted by Crippen LogP contribution is -2.60. The number of amides is 3. The summed E-state index contributed by atoms with van der Waals surface area (Å²) in [5.74, 6) is -3.27. The number of nitrogens with zero attached hydrogens (tertiary/aromatic N) is 1. The van der Waals surface area contributed by atoms with Crippen LogP contribution in [0.2, 0.25) is 0 Å². The van der Waals surface area contributed by atoms with Crippen molar-refractivity contribution in [2.75, 3.05) is 0 Å². The van der Waals surface area contributed by atoms with Gasteiger partial charge in [-0.2, -0.15) is 0 Å². The molecule has 1 heterocycles. The van der Waals surface area contributed by atoms with E-state index < -0.39 is 53.8 Å². The number of carbonyl (C=O) groups is 4. The zero-order valence-electron chi connectivity index (χ0n) is 26.7. The second-order valence-corrected chi connectivity index (χ2v) is 12.2. The molecule has 0 fully saturated rings. The third-order valence-corrected chi connectivity index (χ3v) is 8.85. The van der Waals surface area contributed by atoms with Gasteiger partial charge >= 0.3 is 5.97 Å². The van der Waals surface area contributed by atoms with Crippen molar-refractivity contribution in [3.05, 3.63) is 137 Å². The summed E-state index contributed by atoms with van der Waals surface area (Å²) in [6.07, 6.45) is 0.460. The van der Waals surface area contributed by atoms with Gasteiger partial charge in [0.1, 0.15) is 23.9 Å². The number of phenols is 1. The molecule has 4 aromatic rings. The van der Waals surface area contributed by atoms with Crippen molar-refractivity contribution in [1.29, 1.82) is 0 Å². The minimum absolute atomic E-state index is 0.0584. The first kappa shape index (κ1) is 33.9. The highest BCUT2D eigenvalue weighted by Crippen LogP contribution is 2.26. The molecule has 4 aromatic carbocycles. The number of rotatable bonds is 12. The molecule has 0 unspecified atom stereocenters. The van der Waals surface area contributed by atoms with Crippen molar-refractivity contribution in [3.8, 4) is 5.75 Å². The van der Waals surface area contributed by atoms with Gasteiger partial charge in [-0.05, 0) is 46.4 Å². The van der Waals surface area contributed by atoms with Crippen LogP contribution in [-0.2, 0) is 45.0 Å². The fraction of sp³-hybridized carbons (Fsp3) is 0.263. The molecule has 10 heteroatoms. The molecule has 3 amide bonds. The van der Waals surface area contributed by atoms with Crippen molar-refractivity contribution in [3.63, 3.8) is 0 Å². The van der Waals surface area contributed by atoms with Crippen LogP contribution >= 0.6 is 0 Å². The molecule has 0 aliphatic carbocycles. The number of nitrogens with two attached hydrogens (primary N) is 1. The zero-order valence-corrected chi connectivity index (χ0v) is 26.7. The van der Waals surface area contributed by atoms with Gasteiger partial charge in [-0.15, -0.1) is 0 Å². The minimum Gasteiger partial charge on any atom is -0.508 e. The Morgan fingerprint density at radius 2 is 1.38 bits per heavy atom. The Kier molecular flexibility index (Phi) is 10.9. The lowest BCUT2D eigenvalue weighted by atomic mass is 9.90. The molecule has 1 aliphatic rings. The first-order valence-electron chi connectivity index (χ1n) is 15.9. The fourth-order valence-corrected chi connectivity index (χ4v) is 6.10. The monoisotopic (exact) mass is 648 g/mol. The fourth-order valence-electron chi connectivity index (χ4n) is 6.10. The zero-order chi connectivity index (χ0) is 34.2. The lowest BCUT2D eigenvalue weighted by Gasteiger charge is -2.38. The number of hydrogen-bond acceptors (Lipinski definition) is 6. The molecule has 48 heavy (non-hydrogen) atoms. The Labute approximate surface area is 279 Å². The van der Waals surface area contributed by atoms with Crippen LogP contribution in [-0.4, -0.2) is 63.0 Å². The number of aromatic hydroxyl groups is 1. The van der Waals surface area contributed by atoms with Gasteiger partial charge in [0.2, 0.25) is 17.7 Å². The molecule has 0 saturated carbocycles. The number of carboxylic acid groups (broad SMARTS) is 1. The Morgan fingerprint density at radius 1 is 0.792 bits per heavy atom. The first-order valence-corrected chi connectivity index (χ1v) is 15.9. The van der Waals surface area contributed by atoms with Crippen LogP contribution in [0.4, 0.5) is 0 Å². The van der Waals surface area contributed by atoms with Crippen LogP contribution < -0.4 is 16.4 Å². The van der Waals surface area contributed by atoms with Gasteiger partial charge in [-0.3, -0.25) is 14.4 Å². The quantitative estimate of drug-likeness (QED) is 0.157. The first-order chi connectivity index (χ1) is 23.1. The van der Waals surface area contributed by atoms with Crippen molar-refractivity contribution >= 4 is 23.7 Å². The van der Waals surface area contributed by atoms with Crippen LogP contribution in [0, 0.1) is 0 Å². The molecule has 5 atom stereocenters. The number of aliphatic carboxylic acids is 1. The highest BCUT2D eigenvalue weighted by atomic mass is 16.4. The average molecular weight is 649 g/mol. The molecular weight excluding hydrogens is 608 g/mol. The molecule has 248 valence electrons. The molecule has 0 bridgehead atoms. The van der Waals surface area contributed by atoms with Gasteiger partial charge < -0.3 is 31.5 Å². The van der Waals surface area contributed by atoms with Crippen molar-refractivity contribution < 1.29 is 29.4 Å². The van der Waals surface area contributed by atoms with Crippen molar-refractivity contribution in [2.45, 2.75) is 62.8 Å². The molecule has 0 spiro atoms. The van der Waals surface area contributed by atoms with Crippen LogP contribution in [0.1, 0.15) is 40.7 Å². The van der Waals surface area contributed by atoms with E-state index in [0.29, 0.717) is 0 Å². The van der Waals surface area contributed by atoms with Crippen LogP contribution in [0.3, 0.4) is 0 Å². The van der Waals surface area contributed by atoms with Gasteiger partial charge in [-0.25, -0.2) is 4.79 Å². The molecule has 6 N–H and O–H groups in total. The van der Waals surface area contributed by atoms with E-state index in [0.717, 1.165) is 27.8 Å². The number of hydrogen-bond donors (Lipinski definition) is 5. The van der Waals surface area contributed by atoms with Gasteiger partial charge in [0, 0.05) is 25.3 Å². The molecule has 10 nitrogen and oxygen atoms in total. The standard InChI is InChI=1S/C38H40N4O6/c1-24(27-12-6-3-7-13-27)34(36(45)40-32(38(47)48)21-25-10-4-2-5-11-25)41-35(44)33-22-28-14-8-9-15-29(28)23-42(33)37(46)31(39)20-26-16-18-30(43)19-17-26/h2-19,24,31-34,43H,20-23,39H2,1H3,(H,40,45)(H,41,44)(H,47,48)/t24-,31+,32+,33+,34+/m1/s1. The normalized spacial score (nSPS) is 16.5. The highest BCUT2D eigenvalue weighted by Gasteiger charge is 2.39. The highest BCUT2D eigenvalue weighted by molar-refractivity contribution is 5.95. The van der Waals surface area contributed by atoms with Crippen LogP contribution in [0.5, 0.6) is 5.75 Å². The maximum Gasteiger partial charge on any atom is 0.326 e. The molecule has 0 aromatic heterocycles. The van der Waals surface area contributed by atoms with E-state index in [2.05, 4.69) is 10.6 Å². The van der Waals surface area contributed by atoms with Gasteiger partial charge in [0.15, 0.2) is 0 Å². The van der Waals surface area contributed by atoms with E-state index in [1.165, 1.54) is 17.0 Å². The number of phenolic OH excluding ortho intramolecular Hbond substituents is 1. The third kappa shape index (κ3) is 8.26. The second kappa shape index (κ2) is 15.4. The number of carboxylic acids is 1. The topological polar surface area (TPSA) is 162 Å². The lowest BCUT2D eigenvalue weighted by molar-refractivity contribution is -0.144. The minimum atomic E-state index is -1.24. The Bertz CT molecular complexity index is 1730. The van der Waals surface area contributed by atoms with Gasteiger partial charge in [0.05, 0.1) is 6.04 Å². The number of nitrogens with one attached hydrogen (secondary N) is 2. The summed E-state index contributed by atoms with van der Waals surface area (Å²) in [5, 5.41) is 25.2. The SMILES string of the molecule is C[C@H](c1ccccc1)[C@H](NC(=O)[C@@H]1Cc2ccccc2CN1C(=O)[C@@H](N)Cc1ccc(O)cc1)C(=O)N[C@@H](Cc1ccccc1)C(=O)O. The number of benzene rings is 4. The third-order valence-electron chi connectivity index (χ3n) is 8.85. The number of carbonyl (C=O) groups excluding carboxylic acids is 3. The van der Waals surface area contributed by atoms with E-state index in [-0.39, 0.29) is 31.6 Å². The summed E-state index contributed by atoms with van der Waals surface area (Å²) >= 11 is 0. The maximum atomic E-state index is 14.2. The summed E-state index contributed by atoms with van der Waals surface area (Å²) in [6.45, 7) is 1.94. The molecule has 0 saturated heterocycles. The van der Waals surface area contributed by atoms with Gasteiger partial charge in [-0.1, -0.05) is 104 Å². The predicted molar refractivity (Wildman–Crippen MR) is 181 cm³/mol. The van der Waals surface area contributed by atoms with Gasteiger partial charge in [0.25, 0.3) is 0 Å². The number of fused-ring (bicyclic) bond motifs is 1. The second-order valence-electron chi connectivity index (χ2n) is 12.2. The summed E-state index contributed by atoms with van der Waals surface area (Å²) in [7, 11) is 0. The largest absolute Gasteiger partial charge is 0.508 e. The van der Waals surface area contributed by atoms with E-state index in [1.807, 2.05) is 60.7 Å². The summed E-state index contributed by atoms with van der Waals surface area (Å²) in [5.41, 5.74) is 10.5. The Morgan fingerprint density at radius 3 is 2.02 bits per heavy atom. The van der Waals surface area contributed by atoms with Crippen molar-refractivity contribution in [1.82, 2.24) is 15.5 Å². The van der Waals surface area contributed by atoms with E-state index in [4.69, 9.17) is 5.73 Å². The average Bonchev–Trinajstić information content (AvgIpc) is 3.10. The summed E-state index contributed by atoms with van der Waals surface area (Å²) < 4.78 is 0. The maximum absolute atomic E-state index is 14.2. The molecule has 1 aliphatic heterocycles. The molecule has 0 radical (unpaired) electrons. The Hall–Kier alpha value is -5.48. The Balaban J connectivity index is 1.41. The van der Waals surface area contributed by atoms with E-state index in [9.17, 15) is 29.4 Å². The molecular formula is C38H40N4O6. The van der Waals surface area contributed by atoms with E-state index >= 15 is 0 Å². The smallest absolute Gasteiger partial charge is 0.326 e. The summed E-state index contributed by atoms with van der Waals surface area (Å²) in [4.78, 5) is 55.8. The summed E-state index contributed by atoms with van der Waals surface area (Å²) in [6, 6.07) is 27.8.